The van der Waals surface area contributed by atoms with Crippen molar-refractivity contribution in [2.24, 2.45) is 23.2 Å². The highest BCUT2D eigenvalue weighted by atomic mass is 35.5. The largest absolute Gasteiger partial charge is 0.351 e. The average Bonchev–Trinajstić information content (AvgIpc) is 1.89. The highest BCUT2D eigenvalue weighted by Gasteiger charge is 1.73. The predicted molar refractivity (Wildman–Crippen MR) is 41.1 cm³/mol. The minimum Gasteiger partial charge on any atom is -0.351 e. The average molecular weight is 187 g/mol. The maximum atomic E-state index is 9.35. The number of nitrogens with one attached hydrogen (secondary N) is 2. The molecule has 0 heterocycles. The van der Waals surface area contributed by atoms with Gasteiger partial charge in [0, 0.05) is 0 Å². The second kappa shape index (κ2) is 11.5. The van der Waals surface area contributed by atoms with E-state index in [4.69, 9.17) is 0 Å². The highest BCUT2D eigenvalue weighted by molar-refractivity contribution is 5.85. The lowest BCUT2D eigenvalue weighted by atomic mass is 11.2. The van der Waals surface area contributed by atoms with Gasteiger partial charge in [-0.1, -0.05) is 0 Å². The van der Waals surface area contributed by atoms with Crippen molar-refractivity contribution < 1.29 is 9.59 Å². The standard InChI is InChI=1S/2CH5N3O.ClH/c2*2-1(5)4-3;/h2*3H2,(H3,2,4,5);1H. The number of rotatable bonds is 0. The van der Waals surface area contributed by atoms with Gasteiger partial charge in [-0.15, -0.1) is 12.4 Å². The smallest absolute Gasteiger partial charge is 0.326 e. The maximum absolute atomic E-state index is 9.35. The van der Waals surface area contributed by atoms with Crippen LogP contribution in [-0.4, -0.2) is 12.1 Å². The lowest BCUT2D eigenvalue weighted by molar-refractivity contribution is 0.248. The summed E-state index contributed by atoms with van der Waals surface area (Å²) in [5.41, 5.74) is 12.2. The van der Waals surface area contributed by atoms with Crippen molar-refractivity contribution in [3.63, 3.8) is 0 Å². The van der Waals surface area contributed by atoms with Gasteiger partial charge >= 0.3 is 12.1 Å². The van der Waals surface area contributed by atoms with E-state index >= 15 is 0 Å². The Balaban J connectivity index is -0.000000107. The highest BCUT2D eigenvalue weighted by Crippen LogP contribution is 1.35. The Bertz CT molecular complexity index is 103. The normalized spacial score (nSPS) is 6.00. The van der Waals surface area contributed by atoms with Crippen LogP contribution in [0.3, 0.4) is 0 Å². The van der Waals surface area contributed by atoms with Gasteiger partial charge < -0.3 is 11.5 Å². The Morgan fingerprint density at radius 1 is 0.909 bits per heavy atom. The van der Waals surface area contributed by atoms with Gasteiger partial charge in [0.2, 0.25) is 0 Å². The van der Waals surface area contributed by atoms with Crippen molar-refractivity contribution in [2.75, 3.05) is 0 Å². The van der Waals surface area contributed by atoms with Gasteiger partial charge in [-0.2, -0.15) is 0 Å². The molecule has 0 rings (SSSR count). The SMILES string of the molecule is Cl.NNC(N)=O.NNC(N)=O. The summed E-state index contributed by atoms with van der Waals surface area (Å²) in [4.78, 5) is 18.7. The summed E-state index contributed by atoms with van der Waals surface area (Å²) in [7, 11) is 0. The molecule has 0 saturated carbocycles. The van der Waals surface area contributed by atoms with Gasteiger partial charge in [0.25, 0.3) is 0 Å². The van der Waals surface area contributed by atoms with Crippen molar-refractivity contribution in [1.82, 2.24) is 10.9 Å². The fourth-order valence-corrected chi connectivity index (χ4v) is 0. The van der Waals surface area contributed by atoms with Gasteiger partial charge in [0.15, 0.2) is 0 Å². The van der Waals surface area contributed by atoms with Crippen LogP contribution in [0.4, 0.5) is 9.59 Å². The molecule has 10 N–H and O–H groups in total. The first-order valence-electron chi connectivity index (χ1n) is 2.06. The number of primary amides is 2. The first-order chi connectivity index (χ1) is 4.54. The molecule has 0 radical (unpaired) electrons. The van der Waals surface area contributed by atoms with E-state index in [0.29, 0.717) is 0 Å². The van der Waals surface area contributed by atoms with Crippen LogP contribution in [0.25, 0.3) is 0 Å². The first-order valence-corrected chi connectivity index (χ1v) is 2.06. The molecule has 68 valence electrons. The molecule has 0 spiro atoms. The van der Waals surface area contributed by atoms with E-state index in [9.17, 15) is 9.59 Å². The van der Waals surface area contributed by atoms with E-state index in [2.05, 4.69) is 23.2 Å². The molecule has 0 aliphatic heterocycles. The molecule has 0 unspecified atom stereocenters. The Morgan fingerprint density at radius 2 is 1.00 bits per heavy atom. The molecule has 0 aromatic heterocycles. The Morgan fingerprint density at radius 3 is 1.00 bits per heavy atom. The van der Waals surface area contributed by atoms with Crippen LogP contribution in [0.2, 0.25) is 0 Å². The fraction of sp³-hybridized carbons (Fsp3) is 0. The van der Waals surface area contributed by atoms with Crippen molar-refractivity contribution in [1.29, 1.82) is 0 Å². The fourth-order valence-electron chi connectivity index (χ4n) is 0. The van der Waals surface area contributed by atoms with Gasteiger partial charge in [-0.25, -0.2) is 21.3 Å². The minimum atomic E-state index is -0.718. The zero-order valence-electron chi connectivity index (χ0n) is 5.53. The number of hydrogen-bond donors (Lipinski definition) is 6. The molecule has 0 aliphatic carbocycles. The van der Waals surface area contributed by atoms with Crippen LogP contribution in [0.1, 0.15) is 0 Å². The van der Waals surface area contributed by atoms with Crippen LogP contribution in [0.15, 0.2) is 0 Å². The molecule has 0 aliphatic rings. The lowest BCUT2D eigenvalue weighted by Crippen LogP contribution is -2.34. The summed E-state index contributed by atoms with van der Waals surface area (Å²) in [5.74, 6) is 8.89. The summed E-state index contributed by atoms with van der Waals surface area (Å²) >= 11 is 0. The van der Waals surface area contributed by atoms with Crippen molar-refractivity contribution in [3.05, 3.63) is 0 Å². The number of carbonyl (C=O) groups is 2. The van der Waals surface area contributed by atoms with E-state index in [1.54, 1.807) is 10.9 Å². The summed E-state index contributed by atoms with van der Waals surface area (Å²) < 4.78 is 0. The van der Waals surface area contributed by atoms with Crippen molar-refractivity contribution in [3.8, 4) is 0 Å². The van der Waals surface area contributed by atoms with Crippen molar-refractivity contribution in [2.45, 2.75) is 0 Å². The van der Waals surface area contributed by atoms with Crippen LogP contribution < -0.4 is 34.0 Å². The summed E-state index contributed by atoms with van der Waals surface area (Å²) in [5, 5.41) is 0. The van der Waals surface area contributed by atoms with Gasteiger partial charge in [-0.3, -0.25) is 10.9 Å². The summed E-state index contributed by atoms with van der Waals surface area (Å²) in [6, 6.07) is -1.44. The Labute approximate surface area is 69.0 Å². The minimum absolute atomic E-state index is 0. The van der Waals surface area contributed by atoms with E-state index in [1.165, 1.54) is 0 Å². The third kappa shape index (κ3) is 52.7. The Kier molecular flexibility index (Phi) is 17.2. The number of hydrogen-bond acceptors (Lipinski definition) is 4. The third-order valence-corrected chi connectivity index (χ3v) is 0.285. The molecular weight excluding hydrogens is 176 g/mol. The maximum Gasteiger partial charge on any atom is 0.326 e. The van der Waals surface area contributed by atoms with Crippen LogP contribution in [0.5, 0.6) is 0 Å². The second-order valence-corrected chi connectivity index (χ2v) is 1.02. The predicted octanol–water partition coefficient (Wildman–Crippen LogP) is -2.52. The lowest BCUT2D eigenvalue weighted by Gasteiger charge is -1.81. The van der Waals surface area contributed by atoms with Gasteiger partial charge in [0.05, 0.1) is 0 Å². The van der Waals surface area contributed by atoms with Crippen molar-refractivity contribution >= 4 is 24.5 Å². The van der Waals surface area contributed by atoms with Gasteiger partial charge in [0.1, 0.15) is 0 Å². The molecule has 0 atom stereocenters. The van der Waals surface area contributed by atoms with E-state index in [-0.39, 0.29) is 12.4 Å². The monoisotopic (exact) mass is 186 g/mol. The zero-order valence-corrected chi connectivity index (χ0v) is 6.35. The van der Waals surface area contributed by atoms with E-state index in [1.807, 2.05) is 0 Å². The summed E-state index contributed by atoms with van der Waals surface area (Å²) in [6.07, 6.45) is 0. The zero-order chi connectivity index (χ0) is 8.57. The number of carbonyl (C=O) groups excluding carboxylic acids is 2. The number of hydrazine groups is 2. The summed E-state index contributed by atoms with van der Waals surface area (Å²) in [6.45, 7) is 0. The molecular formula is C2H11ClN6O2. The van der Waals surface area contributed by atoms with Crippen LogP contribution in [-0.2, 0) is 0 Å². The Hall–Kier alpha value is -1.25. The molecule has 8 nitrogen and oxygen atoms in total. The van der Waals surface area contributed by atoms with E-state index < -0.39 is 12.1 Å². The van der Waals surface area contributed by atoms with E-state index in [0.717, 1.165) is 0 Å². The molecule has 0 fully saturated rings. The molecule has 0 saturated heterocycles. The quantitative estimate of drug-likeness (QED) is 0.140. The number of urea groups is 2. The van der Waals surface area contributed by atoms with Gasteiger partial charge in [-0.05, 0) is 0 Å². The third-order valence-electron chi connectivity index (χ3n) is 0.285. The second-order valence-electron chi connectivity index (χ2n) is 1.02. The number of halogens is 1. The molecule has 11 heavy (non-hydrogen) atoms. The van der Waals surface area contributed by atoms with Crippen LogP contribution >= 0.6 is 12.4 Å². The molecule has 9 heteroatoms. The number of nitrogens with two attached hydrogens (primary N) is 4. The number of amides is 4. The molecule has 0 bridgehead atoms. The molecule has 0 aromatic carbocycles. The molecule has 0 aromatic rings. The topological polar surface area (TPSA) is 162 Å². The van der Waals surface area contributed by atoms with Crippen LogP contribution in [0, 0.1) is 0 Å². The first kappa shape index (κ1) is 16.4. The molecule has 4 amide bonds.